The van der Waals surface area contributed by atoms with Crippen LogP contribution in [0.15, 0.2) is 11.4 Å². The summed E-state index contributed by atoms with van der Waals surface area (Å²) in [5.74, 6) is 7.34. The summed E-state index contributed by atoms with van der Waals surface area (Å²) in [7, 11) is 0. The van der Waals surface area contributed by atoms with Crippen LogP contribution in [0.3, 0.4) is 0 Å². The number of thioether (sulfide) groups is 1. The molecular formula is C11H17N3OS2. The molecule has 1 amide bonds. The first-order chi connectivity index (χ1) is 8.22. The van der Waals surface area contributed by atoms with Gasteiger partial charge in [-0.25, -0.2) is 5.84 Å². The Kier molecular flexibility index (Phi) is 4.44. The van der Waals surface area contributed by atoms with Crippen molar-refractivity contribution in [3.8, 4) is 0 Å². The monoisotopic (exact) mass is 271 g/mol. The second-order valence-electron chi connectivity index (χ2n) is 4.14. The van der Waals surface area contributed by atoms with Gasteiger partial charge in [-0.1, -0.05) is 0 Å². The Labute approximate surface area is 110 Å². The van der Waals surface area contributed by atoms with Crippen LogP contribution in [0.1, 0.15) is 22.2 Å². The summed E-state index contributed by atoms with van der Waals surface area (Å²) < 4.78 is 0. The van der Waals surface area contributed by atoms with Crippen LogP contribution in [-0.2, 0) is 6.54 Å². The first-order valence-corrected chi connectivity index (χ1v) is 7.65. The minimum Gasteiger partial charge on any atom is -0.295 e. The predicted molar refractivity (Wildman–Crippen MR) is 73.2 cm³/mol. The second-order valence-corrected chi connectivity index (χ2v) is 6.21. The smallest absolute Gasteiger partial charge is 0.275 e. The number of hydrazine groups is 1. The fourth-order valence-electron chi connectivity index (χ4n) is 1.94. The van der Waals surface area contributed by atoms with Crippen LogP contribution in [0.25, 0.3) is 0 Å². The van der Waals surface area contributed by atoms with E-state index < -0.39 is 0 Å². The van der Waals surface area contributed by atoms with E-state index in [1.807, 2.05) is 23.2 Å². The molecule has 3 N–H and O–H groups in total. The minimum absolute atomic E-state index is 0.186. The molecule has 1 fully saturated rings. The Bertz CT molecular complexity index is 394. The van der Waals surface area contributed by atoms with E-state index in [1.165, 1.54) is 22.8 Å². The summed E-state index contributed by atoms with van der Waals surface area (Å²) in [5.41, 5.74) is 3.29. The van der Waals surface area contributed by atoms with Crippen molar-refractivity contribution in [3.05, 3.63) is 21.9 Å². The fourth-order valence-corrected chi connectivity index (χ4v) is 3.84. The van der Waals surface area contributed by atoms with Gasteiger partial charge < -0.3 is 0 Å². The molecule has 0 aliphatic carbocycles. The van der Waals surface area contributed by atoms with Gasteiger partial charge in [-0.2, -0.15) is 11.8 Å². The number of hydrogen-bond acceptors (Lipinski definition) is 5. The fraction of sp³-hybridized carbons (Fsp3) is 0.545. The van der Waals surface area contributed by atoms with Gasteiger partial charge in [-0.3, -0.25) is 15.1 Å². The molecule has 4 nitrogen and oxygen atoms in total. The Morgan fingerprint density at radius 3 is 3.24 bits per heavy atom. The highest BCUT2D eigenvalue weighted by molar-refractivity contribution is 7.99. The molecule has 0 saturated carbocycles. The summed E-state index contributed by atoms with van der Waals surface area (Å²) in [4.78, 5) is 14.7. The molecule has 2 heterocycles. The van der Waals surface area contributed by atoms with E-state index in [0.29, 0.717) is 6.04 Å². The third kappa shape index (κ3) is 3.01. The first-order valence-electron chi connectivity index (χ1n) is 5.61. The molecule has 6 heteroatoms. The number of nitrogen functional groups attached to an aromatic ring is 1. The average Bonchev–Trinajstić information content (AvgIpc) is 2.79. The molecule has 0 spiro atoms. The highest BCUT2D eigenvalue weighted by atomic mass is 32.2. The third-order valence-corrected chi connectivity index (χ3v) is 5.11. The Morgan fingerprint density at radius 2 is 2.53 bits per heavy atom. The van der Waals surface area contributed by atoms with Gasteiger partial charge in [-0.05, 0) is 23.9 Å². The van der Waals surface area contributed by atoms with Crippen molar-refractivity contribution < 1.29 is 4.79 Å². The molecule has 1 aliphatic rings. The van der Waals surface area contributed by atoms with Crippen LogP contribution in [0.5, 0.6) is 0 Å². The highest BCUT2D eigenvalue weighted by Crippen LogP contribution is 2.23. The molecule has 2 rings (SSSR count). The van der Waals surface area contributed by atoms with Crippen LogP contribution in [0.2, 0.25) is 0 Å². The summed E-state index contributed by atoms with van der Waals surface area (Å²) in [6.45, 7) is 4.17. The lowest BCUT2D eigenvalue weighted by Crippen LogP contribution is -2.40. The van der Waals surface area contributed by atoms with E-state index in [0.717, 1.165) is 23.5 Å². The quantitative estimate of drug-likeness (QED) is 0.494. The van der Waals surface area contributed by atoms with Crippen molar-refractivity contribution in [1.82, 2.24) is 10.3 Å². The van der Waals surface area contributed by atoms with Gasteiger partial charge in [0.2, 0.25) is 0 Å². The number of rotatable bonds is 3. The van der Waals surface area contributed by atoms with E-state index >= 15 is 0 Å². The van der Waals surface area contributed by atoms with Gasteiger partial charge in [0.1, 0.15) is 0 Å². The molecule has 1 atom stereocenters. The number of hydrogen-bond donors (Lipinski definition) is 2. The third-order valence-electron chi connectivity index (χ3n) is 2.96. The average molecular weight is 271 g/mol. The van der Waals surface area contributed by atoms with Crippen molar-refractivity contribution in [2.45, 2.75) is 19.5 Å². The van der Waals surface area contributed by atoms with E-state index in [1.54, 1.807) is 0 Å². The summed E-state index contributed by atoms with van der Waals surface area (Å²) in [6.07, 6.45) is 0. The van der Waals surface area contributed by atoms with Crippen molar-refractivity contribution in [2.24, 2.45) is 5.84 Å². The zero-order valence-electron chi connectivity index (χ0n) is 9.81. The van der Waals surface area contributed by atoms with Gasteiger partial charge in [0.05, 0.1) is 4.88 Å². The molecule has 1 aromatic rings. The van der Waals surface area contributed by atoms with Gasteiger partial charge >= 0.3 is 0 Å². The molecule has 0 aromatic carbocycles. The largest absolute Gasteiger partial charge is 0.295 e. The Balaban J connectivity index is 2.07. The standard InChI is InChI=1S/C11H17N3OS2/c1-8-7-16-5-3-14(8)6-9-2-4-17-10(9)11(15)13-12/h2,4,8H,3,5-7,12H2,1H3,(H,13,15). The predicted octanol–water partition coefficient (Wildman–Crippen LogP) is 1.29. The van der Waals surface area contributed by atoms with Crippen LogP contribution < -0.4 is 11.3 Å². The zero-order valence-corrected chi connectivity index (χ0v) is 11.4. The summed E-state index contributed by atoms with van der Waals surface area (Å²) in [6, 6.07) is 2.59. The maximum Gasteiger partial charge on any atom is 0.275 e. The molecule has 94 valence electrons. The van der Waals surface area contributed by atoms with Crippen LogP contribution in [-0.4, -0.2) is 34.9 Å². The minimum atomic E-state index is -0.186. The van der Waals surface area contributed by atoms with Gasteiger partial charge in [0, 0.05) is 30.6 Å². The first kappa shape index (κ1) is 12.9. The topological polar surface area (TPSA) is 58.4 Å². The lowest BCUT2D eigenvalue weighted by Gasteiger charge is -2.32. The molecule has 17 heavy (non-hydrogen) atoms. The van der Waals surface area contributed by atoms with Gasteiger partial charge in [-0.15, -0.1) is 11.3 Å². The maximum absolute atomic E-state index is 11.6. The lowest BCUT2D eigenvalue weighted by molar-refractivity contribution is 0.0955. The number of nitrogens with two attached hydrogens (primary N) is 1. The van der Waals surface area contributed by atoms with Gasteiger partial charge in [0.25, 0.3) is 5.91 Å². The van der Waals surface area contributed by atoms with E-state index in [-0.39, 0.29) is 5.91 Å². The zero-order chi connectivity index (χ0) is 12.3. The number of thiophene rings is 1. The van der Waals surface area contributed by atoms with Crippen molar-refractivity contribution in [3.63, 3.8) is 0 Å². The number of amides is 1. The van der Waals surface area contributed by atoms with E-state index in [2.05, 4.69) is 17.2 Å². The molecule has 0 radical (unpaired) electrons. The van der Waals surface area contributed by atoms with Crippen molar-refractivity contribution in [2.75, 3.05) is 18.1 Å². The molecule has 1 unspecified atom stereocenters. The van der Waals surface area contributed by atoms with Crippen molar-refractivity contribution in [1.29, 1.82) is 0 Å². The van der Waals surface area contributed by atoms with Crippen LogP contribution >= 0.6 is 23.1 Å². The van der Waals surface area contributed by atoms with E-state index in [9.17, 15) is 4.79 Å². The van der Waals surface area contributed by atoms with E-state index in [4.69, 9.17) is 5.84 Å². The molecule has 0 bridgehead atoms. The van der Waals surface area contributed by atoms with Crippen molar-refractivity contribution >= 4 is 29.0 Å². The summed E-state index contributed by atoms with van der Waals surface area (Å²) >= 11 is 3.44. The molecule has 1 aliphatic heterocycles. The number of carbonyl (C=O) groups excluding carboxylic acids is 1. The number of nitrogens with zero attached hydrogens (tertiary/aromatic N) is 1. The maximum atomic E-state index is 11.6. The summed E-state index contributed by atoms with van der Waals surface area (Å²) in [5, 5.41) is 1.95. The Morgan fingerprint density at radius 1 is 1.71 bits per heavy atom. The lowest BCUT2D eigenvalue weighted by atomic mass is 10.2. The Hall–Kier alpha value is -0.560. The highest BCUT2D eigenvalue weighted by Gasteiger charge is 2.21. The second kappa shape index (κ2) is 5.86. The normalized spacial score (nSPS) is 21.4. The molecular weight excluding hydrogens is 254 g/mol. The molecule has 1 saturated heterocycles. The SMILES string of the molecule is CC1CSCCN1Cc1ccsc1C(=O)NN. The van der Waals surface area contributed by atoms with Gasteiger partial charge in [0.15, 0.2) is 0 Å². The number of carbonyl (C=O) groups is 1. The van der Waals surface area contributed by atoms with Crippen LogP contribution in [0, 0.1) is 0 Å². The number of nitrogens with one attached hydrogen (secondary N) is 1. The molecule has 1 aromatic heterocycles. The van der Waals surface area contributed by atoms with Crippen LogP contribution in [0.4, 0.5) is 0 Å².